The molecule has 1 heterocycles. The summed E-state index contributed by atoms with van der Waals surface area (Å²) in [6, 6.07) is 19.9. The molecule has 0 aliphatic carbocycles. The van der Waals surface area contributed by atoms with Crippen LogP contribution >= 0.6 is 15.9 Å². The number of nitriles is 1. The van der Waals surface area contributed by atoms with Crippen LogP contribution in [0.3, 0.4) is 0 Å². The molecule has 158 valence electrons. The average Bonchev–Trinajstić information content (AvgIpc) is 3.20. The third kappa shape index (κ3) is 4.68. The number of aromatic nitrogens is 2. The van der Waals surface area contributed by atoms with E-state index >= 15 is 0 Å². The Bertz CT molecular complexity index is 1400. The molecule has 1 N–H and O–H groups in total. The van der Waals surface area contributed by atoms with Crippen molar-refractivity contribution in [2.75, 3.05) is 0 Å². The fourth-order valence-electron chi connectivity index (χ4n) is 3.22. The van der Waals surface area contributed by atoms with Crippen LogP contribution in [-0.4, -0.2) is 14.9 Å². The van der Waals surface area contributed by atoms with Gasteiger partial charge in [-0.15, -0.1) is 0 Å². The Morgan fingerprint density at radius 2 is 2.09 bits per heavy atom. The fraction of sp³-hybridized carbons (Fsp3) is 0.0833. The molecule has 0 saturated heterocycles. The summed E-state index contributed by atoms with van der Waals surface area (Å²) in [6.07, 6.45) is 1.75. The number of H-pyrrole nitrogens is 1. The summed E-state index contributed by atoms with van der Waals surface area (Å²) < 4.78 is 6.51. The highest BCUT2D eigenvalue weighted by molar-refractivity contribution is 9.10. The quantitative estimate of drug-likeness (QED) is 0.198. The normalized spacial score (nSPS) is 11.3. The van der Waals surface area contributed by atoms with Crippen molar-refractivity contribution in [2.45, 2.75) is 13.5 Å². The van der Waals surface area contributed by atoms with E-state index in [1.54, 1.807) is 24.3 Å². The topological polar surface area (TPSA) is 105 Å². The van der Waals surface area contributed by atoms with E-state index < -0.39 is 4.92 Å². The number of aromatic amines is 1. The Kier molecular flexibility index (Phi) is 6.01. The minimum atomic E-state index is -0.434. The zero-order valence-electron chi connectivity index (χ0n) is 17.0. The van der Waals surface area contributed by atoms with Gasteiger partial charge in [0.15, 0.2) is 0 Å². The molecule has 3 aromatic carbocycles. The van der Waals surface area contributed by atoms with E-state index in [1.165, 1.54) is 12.1 Å². The smallest absolute Gasteiger partial charge is 0.269 e. The summed E-state index contributed by atoms with van der Waals surface area (Å²) in [4.78, 5) is 18.2. The molecule has 0 bridgehead atoms. The van der Waals surface area contributed by atoms with E-state index in [-0.39, 0.29) is 12.3 Å². The number of non-ortho nitro benzene ring substituents is 1. The van der Waals surface area contributed by atoms with Crippen LogP contribution in [0.1, 0.15) is 22.5 Å². The monoisotopic (exact) mass is 488 g/mol. The van der Waals surface area contributed by atoms with Crippen LogP contribution in [0.5, 0.6) is 5.75 Å². The van der Waals surface area contributed by atoms with Gasteiger partial charge < -0.3 is 9.72 Å². The van der Waals surface area contributed by atoms with Crippen molar-refractivity contribution in [1.82, 2.24) is 9.97 Å². The molecule has 0 aliphatic rings. The number of nitro groups is 1. The molecule has 4 rings (SSSR count). The van der Waals surface area contributed by atoms with Crippen molar-refractivity contribution in [1.29, 1.82) is 5.26 Å². The number of nitro benzene ring substituents is 1. The van der Waals surface area contributed by atoms with Crippen LogP contribution in [0, 0.1) is 28.4 Å². The molecule has 0 unspecified atom stereocenters. The molecule has 4 aromatic rings. The lowest BCUT2D eigenvalue weighted by atomic mass is 10.1. The first-order chi connectivity index (χ1) is 15.4. The first kappa shape index (κ1) is 21.3. The van der Waals surface area contributed by atoms with Crippen molar-refractivity contribution in [3.8, 4) is 11.8 Å². The molecule has 0 radical (unpaired) electrons. The molecular formula is C24H17BrN4O3. The maximum atomic E-state index is 10.9. The van der Waals surface area contributed by atoms with E-state index in [1.807, 2.05) is 37.3 Å². The molecule has 0 aliphatic heterocycles. The SMILES string of the molecule is Cc1ccc2nc(C(C#N)=Cc3ccc(OCc4cccc([N+](=O)[O-])c4)c(Br)c3)[nH]c2c1. The second kappa shape index (κ2) is 9.04. The van der Waals surface area contributed by atoms with Crippen molar-refractivity contribution in [2.24, 2.45) is 0 Å². The largest absolute Gasteiger partial charge is 0.488 e. The number of nitrogens with zero attached hydrogens (tertiary/aromatic N) is 3. The number of aryl methyl sites for hydroxylation is 1. The van der Waals surface area contributed by atoms with Crippen molar-refractivity contribution in [3.05, 3.63) is 97.8 Å². The van der Waals surface area contributed by atoms with Crippen LogP contribution in [0.4, 0.5) is 5.69 Å². The van der Waals surface area contributed by atoms with Crippen LogP contribution in [0.25, 0.3) is 22.7 Å². The van der Waals surface area contributed by atoms with E-state index in [2.05, 4.69) is 32.0 Å². The number of ether oxygens (including phenoxy) is 1. The number of fused-ring (bicyclic) bond motifs is 1. The van der Waals surface area contributed by atoms with Crippen molar-refractivity contribution >= 4 is 44.3 Å². The maximum absolute atomic E-state index is 10.9. The van der Waals surface area contributed by atoms with Crippen LogP contribution in [0.2, 0.25) is 0 Å². The molecule has 0 saturated carbocycles. The summed E-state index contributed by atoms with van der Waals surface area (Å²) in [7, 11) is 0. The molecule has 0 fully saturated rings. The van der Waals surface area contributed by atoms with Gasteiger partial charge in [0, 0.05) is 12.1 Å². The highest BCUT2D eigenvalue weighted by Crippen LogP contribution is 2.29. The average molecular weight is 489 g/mol. The van der Waals surface area contributed by atoms with Gasteiger partial charge in [-0.05, 0) is 69.9 Å². The number of rotatable bonds is 6. The van der Waals surface area contributed by atoms with Crippen LogP contribution < -0.4 is 4.74 Å². The summed E-state index contributed by atoms with van der Waals surface area (Å²) in [5.41, 5.74) is 4.73. The molecular weight excluding hydrogens is 472 g/mol. The molecule has 0 spiro atoms. The summed E-state index contributed by atoms with van der Waals surface area (Å²) in [5, 5.41) is 20.6. The van der Waals surface area contributed by atoms with Gasteiger partial charge in [0.25, 0.3) is 5.69 Å². The number of hydrogen-bond acceptors (Lipinski definition) is 5. The van der Waals surface area contributed by atoms with E-state index in [9.17, 15) is 15.4 Å². The van der Waals surface area contributed by atoms with E-state index in [0.29, 0.717) is 27.2 Å². The summed E-state index contributed by atoms with van der Waals surface area (Å²) >= 11 is 3.49. The first-order valence-electron chi connectivity index (χ1n) is 9.67. The van der Waals surface area contributed by atoms with Gasteiger partial charge in [-0.3, -0.25) is 10.1 Å². The van der Waals surface area contributed by atoms with Gasteiger partial charge in [-0.2, -0.15) is 5.26 Å². The van der Waals surface area contributed by atoms with Gasteiger partial charge >= 0.3 is 0 Å². The Hall–Kier alpha value is -3.96. The second-order valence-electron chi connectivity index (χ2n) is 7.18. The highest BCUT2D eigenvalue weighted by Gasteiger charge is 2.10. The molecule has 8 heteroatoms. The van der Waals surface area contributed by atoms with Crippen molar-refractivity contribution < 1.29 is 9.66 Å². The fourth-order valence-corrected chi connectivity index (χ4v) is 3.73. The lowest BCUT2D eigenvalue weighted by molar-refractivity contribution is -0.384. The predicted octanol–water partition coefficient (Wildman–Crippen LogP) is 6.19. The first-order valence-corrected chi connectivity index (χ1v) is 10.5. The van der Waals surface area contributed by atoms with E-state index in [4.69, 9.17) is 4.74 Å². The third-order valence-electron chi connectivity index (χ3n) is 4.80. The molecule has 1 aromatic heterocycles. The Morgan fingerprint density at radius 3 is 2.84 bits per heavy atom. The number of nitrogens with one attached hydrogen (secondary N) is 1. The van der Waals surface area contributed by atoms with Crippen LogP contribution in [0.15, 0.2) is 65.1 Å². The Balaban J connectivity index is 1.54. The van der Waals surface area contributed by atoms with Crippen molar-refractivity contribution in [3.63, 3.8) is 0 Å². The molecule has 0 atom stereocenters. The number of halogens is 1. The minimum absolute atomic E-state index is 0.0235. The number of allylic oxidation sites excluding steroid dienone is 1. The lowest BCUT2D eigenvalue weighted by Gasteiger charge is -2.09. The summed E-state index contributed by atoms with van der Waals surface area (Å²) in [6.45, 7) is 2.19. The zero-order valence-corrected chi connectivity index (χ0v) is 18.6. The summed E-state index contributed by atoms with van der Waals surface area (Å²) in [5.74, 6) is 1.10. The van der Waals surface area contributed by atoms with Gasteiger partial charge in [-0.1, -0.05) is 24.3 Å². The predicted molar refractivity (Wildman–Crippen MR) is 126 cm³/mol. The lowest BCUT2D eigenvalue weighted by Crippen LogP contribution is -1.97. The third-order valence-corrected chi connectivity index (χ3v) is 5.42. The highest BCUT2D eigenvalue weighted by atomic mass is 79.9. The molecule has 7 nitrogen and oxygen atoms in total. The zero-order chi connectivity index (χ0) is 22.7. The maximum Gasteiger partial charge on any atom is 0.269 e. The number of imidazole rings is 1. The second-order valence-corrected chi connectivity index (χ2v) is 8.04. The number of hydrogen-bond donors (Lipinski definition) is 1. The van der Waals surface area contributed by atoms with Crippen LogP contribution in [-0.2, 0) is 6.61 Å². The minimum Gasteiger partial charge on any atom is -0.488 e. The van der Waals surface area contributed by atoms with Gasteiger partial charge in [0.2, 0.25) is 0 Å². The van der Waals surface area contributed by atoms with Gasteiger partial charge in [0.05, 0.1) is 26.0 Å². The number of benzene rings is 3. The van der Waals surface area contributed by atoms with E-state index in [0.717, 1.165) is 22.2 Å². The standard InChI is InChI=1S/C24H17BrN4O3/c1-15-5-7-21-22(9-15)28-24(27-21)18(13-26)10-16-6-8-23(20(25)12-16)32-14-17-3-2-4-19(11-17)29(30)31/h2-12H,14H2,1H3,(H,27,28). The van der Waals surface area contributed by atoms with Gasteiger partial charge in [0.1, 0.15) is 24.3 Å². The molecule has 0 amide bonds. The van der Waals surface area contributed by atoms with Gasteiger partial charge in [-0.25, -0.2) is 4.98 Å². The Morgan fingerprint density at radius 1 is 1.25 bits per heavy atom. The Labute approximate surface area is 192 Å². The molecule has 32 heavy (non-hydrogen) atoms.